The summed E-state index contributed by atoms with van der Waals surface area (Å²) in [6.45, 7) is 1.78. The number of fused-ring (bicyclic) bond motifs is 5. The highest BCUT2D eigenvalue weighted by atomic mass is 32.1. The Morgan fingerprint density at radius 2 is 1.87 bits per heavy atom. The third-order valence-electron chi connectivity index (χ3n) is 4.85. The number of thiophene rings is 1. The molecular formula is C20H15F2N5O2S. The van der Waals surface area contributed by atoms with Crippen LogP contribution in [-0.4, -0.2) is 38.8 Å². The number of hydrogen-bond donors (Lipinski definition) is 0. The Balaban J connectivity index is 1.73. The number of pyridine rings is 1. The lowest BCUT2D eigenvalue weighted by Gasteiger charge is -2.07. The molecule has 0 saturated heterocycles. The van der Waals surface area contributed by atoms with Crippen LogP contribution in [0.4, 0.5) is 8.78 Å². The number of benzene rings is 1. The molecule has 0 atom stereocenters. The van der Waals surface area contributed by atoms with Crippen LogP contribution in [0.5, 0.6) is 11.5 Å². The molecule has 30 heavy (non-hydrogen) atoms. The maximum atomic E-state index is 13.2. The van der Waals surface area contributed by atoms with Gasteiger partial charge in [-0.05, 0) is 36.8 Å². The van der Waals surface area contributed by atoms with E-state index in [4.69, 9.17) is 9.47 Å². The number of methoxy groups -OCH3 is 2. The Morgan fingerprint density at radius 1 is 1.07 bits per heavy atom. The van der Waals surface area contributed by atoms with Crippen molar-refractivity contribution >= 4 is 37.4 Å². The van der Waals surface area contributed by atoms with Gasteiger partial charge in [-0.1, -0.05) is 0 Å². The number of halogens is 2. The molecule has 5 rings (SSSR count). The topological polar surface area (TPSA) is 74.4 Å². The predicted octanol–water partition coefficient (Wildman–Crippen LogP) is 4.82. The molecule has 4 aromatic heterocycles. The summed E-state index contributed by atoms with van der Waals surface area (Å²) in [5.74, 6) is 1.66. The van der Waals surface area contributed by atoms with E-state index in [-0.39, 0.29) is 5.69 Å². The number of rotatable bonds is 4. The lowest BCUT2D eigenvalue weighted by atomic mass is 10.1. The Morgan fingerprint density at radius 3 is 2.60 bits per heavy atom. The monoisotopic (exact) mass is 427 g/mol. The minimum absolute atomic E-state index is 0.241. The van der Waals surface area contributed by atoms with Crippen molar-refractivity contribution in [1.82, 2.24) is 24.6 Å². The fourth-order valence-corrected chi connectivity index (χ4v) is 4.63. The third-order valence-corrected chi connectivity index (χ3v) is 5.92. The normalized spacial score (nSPS) is 11.8. The summed E-state index contributed by atoms with van der Waals surface area (Å²) >= 11 is 1.28. The fourth-order valence-electron chi connectivity index (χ4n) is 3.44. The zero-order valence-corrected chi connectivity index (χ0v) is 17.0. The molecule has 0 aliphatic heterocycles. The second-order valence-corrected chi connectivity index (χ2v) is 7.64. The molecule has 0 N–H and O–H groups in total. The van der Waals surface area contributed by atoms with Gasteiger partial charge in [0.1, 0.15) is 21.6 Å². The van der Waals surface area contributed by atoms with Gasteiger partial charge in [0.25, 0.3) is 6.43 Å². The number of nitrogens with zero attached hydrogens (tertiary/aromatic N) is 5. The van der Waals surface area contributed by atoms with Crippen LogP contribution in [0.2, 0.25) is 0 Å². The molecule has 0 saturated carbocycles. The van der Waals surface area contributed by atoms with Gasteiger partial charge in [-0.25, -0.2) is 28.2 Å². The summed E-state index contributed by atoms with van der Waals surface area (Å²) in [6.07, 6.45) is -1.06. The maximum absolute atomic E-state index is 13.2. The number of aromatic nitrogens is 5. The van der Waals surface area contributed by atoms with Crippen LogP contribution < -0.4 is 9.47 Å². The van der Waals surface area contributed by atoms with Crippen molar-refractivity contribution in [2.75, 3.05) is 14.2 Å². The molecule has 0 unspecified atom stereocenters. The minimum atomic E-state index is -2.63. The van der Waals surface area contributed by atoms with E-state index in [9.17, 15) is 8.78 Å². The van der Waals surface area contributed by atoms with Gasteiger partial charge in [0, 0.05) is 10.9 Å². The Hall–Kier alpha value is -3.40. The molecule has 1 aromatic carbocycles. The molecule has 0 amide bonds. The Bertz CT molecular complexity index is 1430. The molecule has 152 valence electrons. The van der Waals surface area contributed by atoms with Crippen molar-refractivity contribution in [1.29, 1.82) is 0 Å². The summed E-state index contributed by atoms with van der Waals surface area (Å²) in [4.78, 5) is 13.8. The molecule has 0 aliphatic carbocycles. The molecule has 5 aromatic rings. The second kappa shape index (κ2) is 6.84. The molecule has 4 heterocycles. The quantitative estimate of drug-likeness (QED) is 0.410. The van der Waals surface area contributed by atoms with Crippen LogP contribution >= 0.6 is 11.3 Å². The highest BCUT2D eigenvalue weighted by Gasteiger charge is 2.19. The van der Waals surface area contributed by atoms with E-state index in [0.717, 1.165) is 15.6 Å². The van der Waals surface area contributed by atoms with Crippen molar-refractivity contribution in [3.05, 3.63) is 41.9 Å². The summed E-state index contributed by atoms with van der Waals surface area (Å²) < 4.78 is 39.3. The fraction of sp³-hybridized carbons (Fsp3) is 0.200. The van der Waals surface area contributed by atoms with Crippen molar-refractivity contribution in [3.8, 4) is 22.9 Å². The molecule has 0 radical (unpaired) electrons. The first-order valence-electron chi connectivity index (χ1n) is 8.96. The van der Waals surface area contributed by atoms with Crippen LogP contribution in [0.3, 0.4) is 0 Å². The first-order chi connectivity index (χ1) is 14.5. The first-order valence-corrected chi connectivity index (χ1v) is 9.77. The molecular weight excluding hydrogens is 412 g/mol. The van der Waals surface area contributed by atoms with E-state index in [1.165, 1.54) is 17.4 Å². The summed E-state index contributed by atoms with van der Waals surface area (Å²) in [6, 6.07) is 6.83. The van der Waals surface area contributed by atoms with Crippen LogP contribution in [-0.2, 0) is 0 Å². The van der Waals surface area contributed by atoms with E-state index in [1.54, 1.807) is 44.1 Å². The third kappa shape index (κ3) is 2.75. The Kier molecular flexibility index (Phi) is 4.24. The first kappa shape index (κ1) is 18.6. The average Bonchev–Trinajstić information content (AvgIpc) is 3.34. The van der Waals surface area contributed by atoms with Gasteiger partial charge in [0.2, 0.25) is 0 Å². The summed E-state index contributed by atoms with van der Waals surface area (Å²) in [5.41, 5.74) is 2.48. The highest BCUT2D eigenvalue weighted by molar-refractivity contribution is 7.26. The van der Waals surface area contributed by atoms with Gasteiger partial charge in [0.05, 0.1) is 19.7 Å². The van der Waals surface area contributed by atoms with E-state index in [0.29, 0.717) is 38.9 Å². The van der Waals surface area contributed by atoms with Crippen molar-refractivity contribution in [2.24, 2.45) is 0 Å². The smallest absolute Gasteiger partial charge is 0.280 e. The van der Waals surface area contributed by atoms with Gasteiger partial charge in [-0.2, -0.15) is 0 Å². The molecule has 7 nitrogen and oxygen atoms in total. The van der Waals surface area contributed by atoms with Crippen LogP contribution in [0, 0.1) is 6.92 Å². The molecule has 0 bridgehead atoms. The standard InChI is InChI=1S/C20H15F2N5O2S/c1-9-6-11(17(21)22)24-20-14(9)15-16(30-20)19-25-18(26-27(19)8-23-15)10-4-5-12(28-2)13(7-10)29-3/h4-8,17H,1-3H3. The highest BCUT2D eigenvalue weighted by Crippen LogP contribution is 2.37. The lowest BCUT2D eigenvalue weighted by molar-refractivity contribution is 0.146. The van der Waals surface area contributed by atoms with E-state index >= 15 is 0 Å². The van der Waals surface area contributed by atoms with Gasteiger partial charge < -0.3 is 9.47 Å². The van der Waals surface area contributed by atoms with Crippen molar-refractivity contribution in [3.63, 3.8) is 0 Å². The molecule has 10 heteroatoms. The zero-order chi connectivity index (χ0) is 21.0. The predicted molar refractivity (Wildman–Crippen MR) is 110 cm³/mol. The Labute approximate surface area is 172 Å². The molecule has 0 fully saturated rings. The van der Waals surface area contributed by atoms with Crippen molar-refractivity contribution < 1.29 is 18.3 Å². The van der Waals surface area contributed by atoms with Gasteiger partial charge in [-0.15, -0.1) is 16.4 Å². The van der Waals surface area contributed by atoms with Crippen LogP contribution in [0.25, 0.3) is 37.5 Å². The summed E-state index contributed by atoms with van der Waals surface area (Å²) in [7, 11) is 3.13. The second-order valence-electron chi connectivity index (χ2n) is 6.64. The lowest BCUT2D eigenvalue weighted by Crippen LogP contribution is -1.92. The van der Waals surface area contributed by atoms with Crippen LogP contribution in [0.15, 0.2) is 30.6 Å². The van der Waals surface area contributed by atoms with E-state index in [2.05, 4.69) is 20.1 Å². The maximum Gasteiger partial charge on any atom is 0.280 e. The van der Waals surface area contributed by atoms with Crippen LogP contribution in [0.1, 0.15) is 17.7 Å². The number of hydrogen-bond acceptors (Lipinski definition) is 7. The molecule has 0 aliphatic rings. The number of aryl methyl sites for hydroxylation is 1. The number of ether oxygens (including phenoxy) is 2. The van der Waals surface area contributed by atoms with Gasteiger partial charge >= 0.3 is 0 Å². The zero-order valence-electron chi connectivity index (χ0n) is 16.2. The largest absolute Gasteiger partial charge is 0.493 e. The van der Waals surface area contributed by atoms with E-state index < -0.39 is 6.43 Å². The minimum Gasteiger partial charge on any atom is -0.493 e. The van der Waals surface area contributed by atoms with Gasteiger partial charge in [0.15, 0.2) is 23.0 Å². The van der Waals surface area contributed by atoms with Crippen molar-refractivity contribution in [2.45, 2.75) is 13.3 Å². The van der Waals surface area contributed by atoms with E-state index in [1.807, 2.05) is 6.07 Å². The summed E-state index contributed by atoms with van der Waals surface area (Å²) in [5, 5.41) is 5.28. The SMILES string of the molecule is COc1ccc(-c2nc3c4sc5nc(C(F)F)cc(C)c5c4ncn3n2)cc1OC. The number of alkyl halides is 2. The average molecular weight is 427 g/mol. The van der Waals surface area contributed by atoms with Gasteiger partial charge in [-0.3, -0.25) is 0 Å². The molecule has 0 spiro atoms.